The second kappa shape index (κ2) is 3.85. The van der Waals surface area contributed by atoms with Gasteiger partial charge in [-0.2, -0.15) is 8.42 Å². The fourth-order valence-corrected chi connectivity index (χ4v) is 1.67. The van der Waals surface area contributed by atoms with Crippen LogP contribution in [0.4, 0.5) is 4.79 Å². The average Bonchev–Trinajstić information content (AvgIpc) is 2.02. The summed E-state index contributed by atoms with van der Waals surface area (Å²) in [6.07, 6.45) is -1.38. The van der Waals surface area contributed by atoms with E-state index in [1.807, 2.05) is 0 Å². The molecule has 14 heavy (non-hydrogen) atoms. The summed E-state index contributed by atoms with van der Waals surface area (Å²) < 4.78 is 26.3. The standard InChI is InChI=1S/C7H6ClNO4S/c8-5-1-3-6(4-2-5)14(11,12)13-7(9)10/h1-4H,(H2,9,10). The Balaban J connectivity index is 3.05. The molecule has 0 unspecified atom stereocenters. The van der Waals surface area contributed by atoms with Gasteiger partial charge in [0, 0.05) is 5.02 Å². The number of rotatable bonds is 2. The van der Waals surface area contributed by atoms with Crippen molar-refractivity contribution in [2.24, 2.45) is 5.73 Å². The number of nitrogens with two attached hydrogens (primary N) is 1. The smallest absolute Gasteiger partial charge is 0.334 e. The fraction of sp³-hybridized carbons (Fsp3) is 0. The Bertz CT molecular complexity index is 439. The molecule has 0 saturated heterocycles. The number of halogens is 1. The van der Waals surface area contributed by atoms with Gasteiger partial charge in [-0.1, -0.05) is 11.6 Å². The molecule has 0 bridgehead atoms. The summed E-state index contributed by atoms with van der Waals surface area (Å²) in [6, 6.07) is 5.14. The Morgan fingerprint density at radius 3 is 2.21 bits per heavy atom. The monoisotopic (exact) mass is 235 g/mol. The molecule has 1 rings (SSSR count). The summed E-state index contributed by atoms with van der Waals surface area (Å²) in [4.78, 5) is 10.1. The lowest BCUT2D eigenvalue weighted by molar-refractivity contribution is 0.212. The molecule has 76 valence electrons. The van der Waals surface area contributed by atoms with Crippen molar-refractivity contribution in [3.05, 3.63) is 29.3 Å². The van der Waals surface area contributed by atoms with Crippen molar-refractivity contribution >= 4 is 27.8 Å². The summed E-state index contributed by atoms with van der Waals surface area (Å²) in [5.41, 5.74) is 4.58. The molecule has 1 amide bonds. The first kappa shape index (κ1) is 10.8. The second-order valence-corrected chi connectivity index (χ2v) is 4.29. The van der Waals surface area contributed by atoms with E-state index < -0.39 is 16.2 Å². The maximum absolute atomic E-state index is 11.2. The van der Waals surface area contributed by atoms with Crippen LogP contribution in [0.3, 0.4) is 0 Å². The molecule has 2 N–H and O–H groups in total. The van der Waals surface area contributed by atoms with E-state index in [1.165, 1.54) is 24.3 Å². The lowest BCUT2D eigenvalue weighted by Gasteiger charge is -2.02. The number of hydrogen-bond donors (Lipinski definition) is 1. The van der Waals surface area contributed by atoms with E-state index in [1.54, 1.807) is 0 Å². The maximum Gasteiger partial charge on any atom is 0.420 e. The molecule has 0 fully saturated rings. The van der Waals surface area contributed by atoms with E-state index in [0.29, 0.717) is 5.02 Å². The Morgan fingerprint density at radius 1 is 1.29 bits per heavy atom. The van der Waals surface area contributed by atoms with E-state index >= 15 is 0 Å². The first-order valence-corrected chi connectivity index (χ1v) is 5.20. The first-order chi connectivity index (χ1) is 6.42. The minimum atomic E-state index is -4.11. The minimum absolute atomic E-state index is 0.180. The van der Waals surface area contributed by atoms with Crippen LogP contribution < -0.4 is 5.73 Å². The highest BCUT2D eigenvalue weighted by molar-refractivity contribution is 7.87. The minimum Gasteiger partial charge on any atom is -0.334 e. The predicted molar refractivity (Wildman–Crippen MR) is 49.3 cm³/mol. The van der Waals surface area contributed by atoms with Gasteiger partial charge in [0.15, 0.2) is 0 Å². The quantitative estimate of drug-likeness (QED) is 0.779. The van der Waals surface area contributed by atoms with Gasteiger partial charge >= 0.3 is 16.2 Å². The van der Waals surface area contributed by atoms with E-state index in [0.717, 1.165) is 0 Å². The van der Waals surface area contributed by atoms with Crippen molar-refractivity contribution in [1.29, 1.82) is 0 Å². The summed E-state index contributed by atoms with van der Waals surface area (Å²) in [5.74, 6) is 0. The molecule has 0 heterocycles. The molecule has 1 aromatic rings. The van der Waals surface area contributed by atoms with Gasteiger partial charge in [0.1, 0.15) is 4.90 Å². The summed E-state index contributed by atoms with van der Waals surface area (Å²) in [6.45, 7) is 0. The molecule has 5 nitrogen and oxygen atoms in total. The van der Waals surface area contributed by atoms with Crippen LogP contribution in [-0.2, 0) is 14.3 Å². The van der Waals surface area contributed by atoms with E-state index in [-0.39, 0.29) is 4.90 Å². The van der Waals surface area contributed by atoms with E-state index in [4.69, 9.17) is 11.6 Å². The molecule has 1 aromatic carbocycles. The van der Waals surface area contributed by atoms with Crippen molar-refractivity contribution < 1.29 is 17.4 Å². The van der Waals surface area contributed by atoms with Crippen LogP contribution in [0.15, 0.2) is 29.2 Å². The normalized spacial score (nSPS) is 10.9. The maximum atomic E-state index is 11.2. The number of primary amides is 1. The zero-order chi connectivity index (χ0) is 10.8. The van der Waals surface area contributed by atoms with E-state index in [9.17, 15) is 13.2 Å². The highest BCUT2D eigenvalue weighted by Crippen LogP contribution is 2.15. The third-order valence-corrected chi connectivity index (χ3v) is 2.78. The SMILES string of the molecule is NC(=O)OS(=O)(=O)c1ccc(Cl)cc1. The number of carbonyl (C=O) groups is 1. The van der Waals surface area contributed by atoms with Crippen molar-refractivity contribution in [2.75, 3.05) is 0 Å². The van der Waals surface area contributed by atoms with Crippen LogP contribution >= 0.6 is 11.6 Å². The lowest BCUT2D eigenvalue weighted by Crippen LogP contribution is -2.18. The lowest BCUT2D eigenvalue weighted by atomic mass is 10.4. The summed E-state index contributed by atoms with van der Waals surface area (Å²) >= 11 is 5.54. The molecule has 0 aliphatic rings. The Morgan fingerprint density at radius 2 is 1.79 bits per heavy atom. The highest BCUT2D eigenvalue weighted by Gasteiger charge is 2.17. The summed E-state index contributed by atoms with van der Waals surface area (Å²) in [7, 11) is -4.11. The molecular formula is C7H6ClNO4S. The van der Waals surface area contributed by atoms with Gasteiger partial charge < -0.3 is 9.92 Å². The van der Waals surface area contributed by atoms with Crippen LogP contribution in [0.1, 0.15) is 0 Å². The van der Waals surface area contributed by atoms with Crippen LogP contribution in [0.25, 0.3) is 0 Å². The summed E-state index contributed by atoms with van der Waals surface area (Å²) in [5, 5.41) is 0.378. The number of benzene rings is 1. The van der Waals surface area contributed by atoms with Gasteiger partial charge in [-0.15, -0.1) is 0 Å². The van der Waals surface area contributed by atoms with Gasteiger partial charge in [-0.25, -0.2) is 4.79 Å². The first-order valence-electron chi connectivity index (χ1n) is 3.41. The molecule has 0 aromatic heterocycles. The topological polar surface area (TPSA) is 86.5 Å². The van der Waals surface area contributed by atoms with Gasteiger partial charge in [0.05, 0.1) is 0 Å². The highest BCUT2D eigenvalue weighted by atomic mass is 35.5. The molecule has 0 aliphatic carbocycles. The van der Waals surface area contributed by atoms with Crippen LogP contribution in [0.2, 0.25) is 5.02 Å². The zero-order valence-corrected chi connectivity index (χ0v) is 8.38. The predicted octanol–water partition coefficient (Wildman–Crippen LogP) is 1.12. The van der Waals surface area contributed by atoms with Crippen LogP contribution in [-0.4, -0.2) is 14.5 Å². The Kier molecular flexibility index (Phi) is 2.97. The Hall–Kier alpha value is -1.27. The third-order valence-electron chi connectivity index (χ3n) is 1.29. The van der Waals surface area contributed by atoms with Gasteiger partial charge in [-0.05, 0) is 24.3 Å². The van der Waals surface area contributed by atoms with Gasteiger partial charge in [-0.3, -0.25) is 0 Å². The van der Waals surface area contributed by atoms with Gasteiger partial charge in [0.2, 0.25) is 0 Å². The zero-order valence-electron chi connectivity index (χ0n) is 6.81. The molecule has 0 aliphatic heterocycles. The van der Waals surface area contributed by atoms with Crippen molar-refractivity contribution in [2.45, 2.75) is 4.90 Å². The molecule has 7 heteroatoms. The van der Waals surface area contributed by atoms with E-state index in [2.05, 4.69) is 9.92 Å². The largest absolute Gasteiger partial charge is 0.420 e. The van der Waals surface area contributed by atoms with Crippen LogP contribution in [0, 0.1) is 0 Å². The molecule has 0 radical (unpaired) electrons. The number of amides is 1. The number of carbonyl (C=O) groups excluding carboxylic acids is 1. The molecule has 0 saturated carbocycles. The van der Waals surface area contributed by atoms with Crippen LogP contribution in [0.5, 0.6) is 0 Å². The second-order valence-electron chi connectivity index (χ2n) is 2.31. The molecular weight excluding hydrogens is 230 g/mol. The number of hydrogen-bond acceptors (Lipinski definition) is 4. The third kappa shape index (κ3) is 2.61. The average molecular weight is 236 g/mol. The fourth-order valence-electron chi connectivity index (χ4n) is 0.758. The molecule has 0 atom stereocenters. The molecule has 0 spiro atoms. The van der Waals surface area contributed by atoms with Gasteiger partial charge in [0.25, 0.3) is 0 Å². The Labute approximate surface area is 85.5 Å². The van der Waals surface area contributed by atoms with Crippen molar-refractivity contribution in [1.82, 2.24) is 0 Å². The van der Waals surface area contributed by atoms with Crippen molar-refractivity contribution in [3.63, 3.8) is 0 Å². The van der Waals surface area contributed by atoms with Crippen molar-refractivity contribution in [3.8, 4) is 0 Å².